The molecule has 0 spiro atoms. The fourth-order valence-electron chi connectivity index (χ4n) is 3.24. The molecule has 1 aliphatic rings. The van der Waals surface area contributed by atoms with E-state index in [0.717, 1.165) is 42.9 Å². The number of para-hydroxylation sites is 2. The molecule has 24 heavy (non-hydrogen) atoms. The third-order valence-electron chi connectivity index (χ3n) is 4.93. The molecule has 5 nitrogen and oxygen atoms in total. The molecule has 2 N–H and O–H groups in total. The summed E-state index contributed by atoms with van der Waals surface area (Å²) in [6.07, 6.45) is 1.47. The standard InChI is InChI=1S/C19H24N4O/c1-14-15(11-16(12-20)22(14)2)13-21-18-5-3-4-6-19(18)23-9-7-17(24)8-10-23/h3-6,11,17,21,24H,7-10,13H2,1-2H3. The first-order chi connectivity index (χ1) is 11.6. The molecule has 3 rings (SSSR count). The normalized spacial score (nSPS) is 15.3. The zero-order valence-corrected chi connectivity index (χ0v) is 14.3. The van der Waals surface area contributed by atoms with Gasteiger partial charge in [-0.2, -0.15) is 5.26 Å². The lowest BCUT2D eigenvalue weighted by Crippen LogP contribution is -2.36. The molecular weight excluding hydrogens is 300 g/mol. The molecule has 0 amide bonds. The van der Waals surface area contributed by atoms with Crippen LogP contribution in [0.25, 0.3) is 0 Å². The maximum Gasteiger partial charge on any atom is 0.120 e. The minimum absolute atomic E-state index is 0.169. The van der Waals surface area contributed by atoms with E-state index < -0.39 is 0 Å². The van der Waals surface area contributed by atoms with Gasteiger partial charge in [-0.3, -0.25) is 0 Å². The van der Waals surface area contributed by atoms with Crippen LogP contribution in [0.4, 0.5) is 11.4 Å². The number of piperidine rings is 1. The summed E-state index contributed by atoms with van der Waals surface area (Å²) in [6.45, 7) is 4.48. The molecular formula is C19H24N4O. The van der Waals surface area contributed by atoms with Crippen LogP contribution in [-0.2, 0) is 13.6 Å². The zero-order chi connectivity index (χ0) is 17.1. The Kier molecular flexibility index (Phi) is 4.77. The van der Waals surface area contributed by atoms with E-state index in [2.05, 4.69) is 28.4 Å². The van der Waals surface area contributed by atoms with Gasteiger partial charge >= 0.3 is 0 Å². The molecule has 0 aliphatic carbocycles. The fourth-order valence-corrected chi connectivity index (χ4v) is 3.24. The second kappa shape index (κ2) is 6.98. The number of hydrogen-bond acceptors (Lipinski definition) is 4. The number of rotatable bonds is 4. The van der Waals surface area contributed by atoms with Crippen molar-refractivity contribution in [2.45, 2.75) is 32.4 Å². The average molecular weight is 324 g/mol. The number of aliphatic hydroxyl groups excluding tert-OH is 1. The Morgan fingerprint density at radius 2 is 2.00 bits per heavy atom. The SMILES string of the molecule is Cc1c(CNc2ccccc2N2CCC(O)CC2)cc(C#N)n1C. The van der Waals surface area contributed by atoms with Gasteiger partial charge < -0.3 is 19.9 Å². The first-order valence-corrected chi connectivity index (χ1v) is 8.41. The lowest BCUT2D eigenvalue weighted by atomic mass is 10.1. The third-order valence-corrected chi connectivity index (χ3v) is 4.93. The summed E-state index contributed by atoms with van der Waals surface area (Å²) >= 11 is 0. The lowest BCUT2D eigenvalue weighted by molar-refractivity contribution is 0.145. The Hall–Kier alpha value is -2.45. The molecule has 0 unspecified atom stereocenters. The molecule has 0 saturated carbocycles. The number of aromatic nitrogens is 1. The van der Waals surface area contributed by atoms with E-state index in [9.17, 15) is 5.11 Å². The monoisotopic (exact) mass is 324 g/mol. The highest BCUT2D eigenvalue weighted by Gasteiger charge is 2.19. The van der Waals surface area contributed by atoms with E-state index in [1.54, 1.807) is 0 Å². The zero-order valence-electron chi connectivity index (χ0n) is 14.3. The van der Waals surface area contributed by atoms with Crippen molar-refractivity contribution in [3.05, 3.63) is 47.3 Å². The minimum Gasteiger partial charge on any atom is -0.393 e. The summed E-state index contributed by atoms with van der Waals surface area (Å²) < 4.78 is 1.93. The summed E-state index contributed by atoms with van der Waals surface area (Å²) in [7, 11) is 1.92. The van der Waals surface area contributed by atoms with E-state index in [4.69, 9.17) is 5.26 Å². The molecule has 1 saturated heterocycles. The van der Waals surface area contributed by atoms with Gasteiger partial charge in [0.1, 0.15) is 11.8 Å². The van der Waals surface area contributed by atoms with E-state index in [0.29, 0.717) is 12.2 Å². The Labute approximate surface area is 143 Å². The number of nitrogens with one attached hydrogen (secondary N) is 1. The minimum atomic E-state index is -0.169. The van der Waals surface area contributed by atoms with Crippen LogP contribution in [0, 0.1) is 18.3 Å². The molecule has 1 fully saturated rings. The second-order valence-corrected chi connectivity index (χ2v) is 6.40. The topological polar surface area (TPSA) is 64.2 Å². The summed E-state index contributed by atoms with van der Waals surface area (Å²) in [5.74, 6) is 0. The van der Waals surface area contributed by atoms with E-state index >= 15 is 0 Å². The molecule has 1 aromatic carbocycles. The van der Waals surface area contributed by atoms with Crippen molar-refractivity contribution in [1.29, 1.82) is 5.26 Å². The Morgan fingerprint density at radius 1 is 1.29 bits per heavy atom. The largest absolute Gasteiger partial charge is 0.393 e. The maximum atomic E-state index is 9.71. The number of nitrogens with zero attached hydrogens (tertiary/aromatic N) is 3. The van der Waals surface area contributed by atoms with Gasteiger partial charge in [0.05, 0.1) is 17.5 Å². The molecule has 1 aliphatic heterocycles. The van der Waals surface area contributed by atoms with Crippen molar-refractivity contribution in [2.75, 3.05) is 23.3 Å². The van der Waals surface area contributed by atoms with Crippen LogP contribution < -0.4 is 10.2 Å². The van der Waals surface area contributed by atoms with Gasteiger partial charge in [0.2, 0.25) is 0 Å². The van der Waals surface area contributed by atoms with Gasteiger partial charge in [0.25, 0.3) is 0 Å². The van der Waals surface area contributed by atoms with E-state index in [1.807, 2.05) is 36.7 Å². The molecule has 2 aromatic rings. The molecule has 5 heteroatoms. The molecule has 0 bridgehead atoms. The number of benzene rings is 1. The lowest BCUT2D eigenvalue weighted by Gasteiger charge is -2.33. The fraction of sp³-hybridized carbons (Fsp3) is 0.421. The molecule has 1 aromatic heterocycles. The highest BCUT2D eigenvalue weighted by atomic mass is 16.3. The van der Waals surface area contributed by atoms with E-state index in [1.165, 1.54) is 5.69 Å². The Balaban J connectivity index is 1.75. The van der Waals surface area contributed by atoms with Crippen molar-refractivity contribution in [3.8, 4) is 6.07 Å². The highest BCUT2D eigenvalue weighted by molar-refractivity contribution is 5.70. The van der Waals surface area contributed by atoms with Crippen LogP contribution >= 0.6 is 0 Å². The van der Waals surface area contributed by atoms with Crippen LogP contribution in [-0.4, -0.2) is 28.9 Å². The summed E-state index contributed by atoms with van der Waals surface area (Å²) in [4.78, 5) is 2.33. The third kappa shape index (κ3) is 3.24. The van der Waals surface area contributed by atoms with Gasteiger partial charge in [-0.05, 0) is 43.5 Å². The van der Waals surface area contributed by atoms with E-state index in [-0.39, 0.29) is 6.10 Å². The van der Waals surface area contributed by atoms with Crippen LogP contribution in [0.5, 0.6) is 0 Å². The summed E-state index contributed by atoms with van der Waals surface area (Å²) in [5, 5.41) is 22.4. The van der Waals surface area contributed by atoms with Crippen LogP contribution in [0.15, 0.2) is 30.3 Å². The van der Waals surface area contributed by atoms with Crippen molar-refractivity contribution in [1.82, 2.24) is 4.57 Å². The van der Waals surface area contributed by atoms with Gasteiger partial charge in [-0.25, -0.2) is 0 Å². The van der Waals surface area contributed by atoms with Crippen LogP contribution in [0.1, 0.15) is 29.8 Å². The quantitative estimate of drug-likeness (QED) is 0.908. The highest BCUT2D eigenvalue weighted by Crippen LogP contribution is 2.29. The predicted octanol–water partition coefficient (Wildman–Crippen LogP) is 2.78. The van der Waals surface area contributed by atoms with Crippen molar-refractivity contribution in [2.24, 2.45) is 7.05 Å². The Morgan fingerprint density at radius 3 is 2.67 bits per heavy atom. The number of anilines is 2. The van der Waals surface area contributed by atoms with Gasteiger partial charge in [0, 0.05) is 32.4 Å². The average Bonchev–Trinajstić information content (AvgIpc) is 2.89. The smallest absolute Gasteiger partial charge is 0.120 e. The van der Waals surface area contributed by atoms with Gasteiger partial charge in [-0.15, -0.1) is 0 Å². The first-order valence-electron chi connectivity index (χ1n) is 8.41. The second-order valence-electron chi connectivity index (χ2n) is 6.40. The Bertz CT molecular complexity index is 751. The number of hydrogen-bond donors (Lipinski definition) is 2. The van der Waals surface area contributed by atoms with Crippen molar-refractivity contribution < 1.29 is 5.11 Å². The molecule has 0 radical (unpaired) electrons. The number of aliphatic hydroxyl groups is 1. The van der Waals surface area contributed by atoms with Crippen LogP contribution in [0.3, 0.4) is 0 Å². The summed E-state index contributed by atoms with van der Waals surface area (Å²) in [5.41, 5.74) is 5.20. The summed E-state index contributed by atoms with van der Waals surface area (Å²) in [6, 6.07) is 12.5. The molecule has 126 valence electrons. The molecule has 0 atom stereocenters. The van der Waals surface area contributed by atoms with Crippen LogP contribution in [0.2, 0.25) is 0 Å². The first kappa shape index (κ1) is 16.4. The van der Waals surface area contributed by atoms with Gasteiger partial charge in [0.15, 0.2) is 0 Å². The predicted molar refractivity (Wildman–Crippen MR) is 96.1 cm³/mol. The van der Waals surface area contributed by atoms with Crippen molar-refractivity contribution >= 4 is 11.4 Å². The van der Waals surface area contributed by atoms with Gasteiger partial charge in [-0.1, -0.05) is 12.1 Å². The van der Waals surface area contributed by atoms with Crippen molar-refractivity contribution in [3.63, 3.8) is 0 Å². The maximum absolute atomic E-state index is 9.71. The number of nitriles is 1. The molecule has 2 heterocycles.